The molecule has 4 N–H and O–H groups in total. The van der Waals surface area contributed by atoms with E-state index >= 15 is 0 Å². The van der Waals surface area contributed by atoms with Gasteiger partial charge in [0.2, 0.25) is 17.7 Å². The first-order valence-electron chi connectivity index (χ1n) is 10.6. The molecule has 2 fully saturated rings. The largest absolute Gasteiger partial charge is 0.481 e. The van der Waals surface area contributed by atoms with E-state index < -0.39 is 36.2 Å². The molecule has 0 spiro atoms. The van der Waals surface area contributed by atoms with E-state index in [1.165, 1.54) is 0 Å². The molecule has 2 aliphatic rings. The van der Waals surface area contributed by atoms with Crippen molar-refractivity contribution >= 4 is 36.1 Å². The molecule has 0 aliphatic carbocycles. The van der Waals surface area contributed by atoms with E-state index in [9.17, 15) is 19.2 Å². The fraction of sp³-hybridized carbons (Fsp3) is 0.714. The summed E-state index contributed by atoms with van der Waals surface area (Å²) in [6, 6.07) is -1.20. The van der Waals surface area contributed by atoms with Crippen LogP contribution in [0.25, 0.3) is 0 Å². The van der Waals surface area contributed by atoms with Gasteiger partial charge < -0.3 is 26.0 Å². The molecule has 2 saturated heterocycles. The maximum Gasteiger partial charge on any atom is 0.305 e. The third-order valence-corrected chi connectivity index (χ3v) is 5.75. The first-order chi connectivity index (χ1) is 14.4. The van der Waals surface area contributed by atoms with Gasteiger partial charge >= 0.3 is 5.97 Å². The lowest BCUT2D eigenvalue weighted by molar-refractivity contribution is -0.141. The number of carboxylic acids is 1. The number of piperidine rings is 2. The number of carbonyl (C=O) groups is 4. The molecule has 0 aromatic heterocycles. The second-order valence-corrected chi connectivity index (χ2v) is 7.99. The molecule has 2 rings (SSSR count). The molecule has 0 aromatic carbocycles. The first-order valence-corrected chi connectivity index (χ1v) is 10.6. The number of carboxylic acid groups (broad SMARTS) is 1. The van der Waals surface area contributed by atoms with Crippen LogP contribution in [-0.2, 0) is 19.2 Å². The van der Waals surface area contributed by atoms with Gasteiger partial charge in [0.1, 0.15) is 6.04 Å². The monoisotopic (exact) mass is 456 g/mol. The summed E-state index contributed by atoms with van der Waals surface area (Å²) in [6.45, 7) is 2.86. The molecule has 0 aromatic rings. The topological polar surface area (TPSA) is 128 Å². The molecule has 2 atom stereocenters. The average Bonchev–Trinajstić information content (AvgIpc) is 2.75. The minimum atomic E-state index is -1.20. The molecule has 0 unspecified atom stereocenters. The lowest BCUT2D eigenvalue weighted by Gasteiger charge is -2.33. The Balaban J connectivity index is 0.00000480. The van der Waals surface area contributed by atoms with Crippen LogP contribution in [0.15, 0.2) is 0 Å². The Morgan fingerprint density at radius 3 is 2.55 bits per heavy atom. The molecule has 0 radical (unpaired) electrons. The van der Waals surface area contributed by atoms with E-state index in [4.69, 9.17) is 11.5 Å². The Kier molecular flexibility index (Phi) is 12.0. The van der Waals surface area contributed by atoms with Gasteiger partial charge in [-0.3, -0.25) is 19.2 Å². The van der Waals surface area contributed by atoms with E-state index in [0.29, 0.717) is 38.3 Å². The second kappa shape index (κ2) is 13.9. The lowest BCUT2D eigenvalue weighted by Crippen LogP contribution is -2.52. The van der Waals surface area contributed by atoms with Crippen molar-refractivity contribution in [2.24, 2.45) is 11.8 Å². The number of aliphatic carboxylic acids is 1. The summed E-state index contributed by atoms with van der Waals surface area (Å²) in [6.07, 6.45) is 9.38. The number of likely N-dealkylation sites (tertiary alicyclic amines) is 1. The highest BCUT2D eigenvalue weighted by atomic mass is 35.5. The van der Waals surface area contributed by atoms with Gasteiger partial charge in [0, 0.05) is 19.5 Å². The van der Waals surface area contributed by atoms with Gasteiger partial charge in [0.15, 0.2) is 0 Å². The molecule has 9 nitrogen and oxygen atoms in total. The van der Waals surface area contributed by atoms with Crippen molar-refractivity contribution in [3.8, 4) is 12.3 Å². The van der Waals surface area contributed by atoms with Crippen LogP contribution < -0.4 is 16.0 Å². The zero-order valence-corrected chi connectivity index (χ0v) is 18.5. The Hall–Kier alpha value is -2.31. The number of hydrogen-bond donors (Lipinski definition) is 4. The van der Waals surface area contributed by atoms with Crippen molar-refractivity contribution in [3.63, 3.8) is 0 Å². The highest BCUT2D eigenvalue weighted by Crippen LogP contribution is 2.21. The smallest absolute Gasteiger partial charge is 0.305 e. The molecular formula is C21H33ClN4O5. The van der Waals surface area contributed by atoms with Crippen molar-refractivity contribution in [2.45, 2.75) is 51.0 Å². The van der Waals surface area contributed by atoms with Crippen LogP contribution in [0.2, 0.25) is 0 Å². The number of amides is 3. The first kappa shape index (κ1) is 26.7. The number of rotatable bonds is 9. The van der Waals surface area contributed by atoms with Crippen LogP contribution in [-0.4, -0.2) is 72.5 Å². The number of carbonyl (C=O) groups excluding carboxylic acids is 3. The average molecular weight is 457 g/mol. The molecule has 2 aliphatic heterocycles. The van der Waals surface area contributed by atoms with Crippen LogP contribution in [0, 0.1) is 24.2 Å². The fourth-order valence-electron chi connectivity index (χ4n) is 4.01. The quantitative estimate of drug-likeness (QED) is 0.365. The number of halogens is 1. The predicted octanol–water partition coefficient (Wildman–Crippen LogP) is 0.136. The van der Waals surface area contributed by atoms with Crippen LogP contribution in [0.4, 0.5) is 0 Å². The third-order valence-electron chi connectivity index (χ3n) is 5.75. The molecule has 2 heterocycles. The SMILES string of the molecule is C#CCNC(=O)[C@H](CC(=O)O)NC(=O)[C@@H]1CCCN(C(=O)CCC2CCNCC2)C1.Cl. The maximum atomic E-state index is 12.7. The predicted molar refractivity (Wildman–Crippen MR) is 117 cm³/mol. The zero-order valence-electron chi connectivity index (χ0n) is 17.7. The second-order valence-electron chi connectivity index (χ2n) is 7.99. The number of nitrogens with zero attached hydrogens (tertiary/aromatic N) is 1. The molecule has 3 amide bonds. The molecular weight excluding hydrogens is 424 g/mol. The molecule has 10 heteroatoms. The van der Waals surface area contributed by atoms with Crippen molar-refractivity contribution in [1.82, 2.24) is 20.9 Å². The molecule has 0 bridgehead atoms. The van der Waals surface area contributed by atoms with Crippen molar-refractivity contribution < 1.29 is 24.3 Å². The van der Waals surface area contributed by atoms with Crippen molar-refractivity contribution in [2.75, 3.05) is 32.7 Å². The van der Waals surface area contributed by atoms with Gasteiger partial charge in [-0.2, -0.15) is 0 Å². The summed E-state index contributed by atoms with van der Waals surface area (Å²) in [5.41, 5.74) is 0. The van der Waals surface area contributed by atoms with Crippen LogP contribution in [0.3, 0.4) is 0 Å². The van der Waals surface area contributed by atoms with Gasteiger partial charge in [0.05, 0.1) is 18.9 Å². The lowest BCUT2D eigenvalue weighted by atomic mass is 9.92. The third kappa shape index (κ3) is 9.15. The summed E-state index contributed by atoms with van der Waals surface area (Å²) >= 11 is 0. The normalized spacial score (nSPS) is 20.0. The standard InChI is InChI=1S/C21H32N4O5.ClH/c1-2-9-23-21(30)17(13-19(27)28)24-20(29)16-4-3-12-25(14-16)18(26)6-5-15-7-10-22-11-8-15;/h1,15-17,22H,3-14H2,(H,23,30)(H,24,29)(H,27,28);1H/t16-,17+;/m1./s1. The number of nitrogens with one attached hydrogen (secondary N) is 3. The number of hydrogen-bond acceptors (Lipinski definition) is 5. The highest BCUT2D eigenvalue weighted by molar-refractivity contribution is 5.91. The molecule has 0 saturated carbocycles. The fourth-order valence-corrected chi connectivity index (χ4v) is 4.01. The summed E-state index contributed by atoms with van der Waals surface area (Å²) in [4.78, 5) is 50.2. The summed E-state index contributed by atoms with van der Waals surface area (Å²) in [5.74, 6) is 0.161. The summed E-state index contributed by atoms with van der Waals surface area (Å²) in [5, 5.41) is 17.3. The van der Waals surface area contributed by atoms with E-state index in [1.54, 1.807) is 4.90 Å². The van der Waals surface area contributed by atoms with Crippen molar-refractivity contribution in [3.05, 3.63) is 0 Å². The minimum absolute atomic E-state index is 0. The van der Waals surface area contributed by atoms with E-state index in [0.717, 1.165) is 32.4 Å². The molecule has 31 heavy (non-hydrogen) atoms. The van der Waals surface area contributed by atoms with Gasteiger partial charge in [-0.15, -0.1) is 18.8 Å². The molecule has 174 valence electrons. The van der Waals surface area contributed by atoms with Crippen molar-refractivity contribution in [1.29, 1.82) is 0 Å². The Morgan fingerprint density at radius 1 is 1.19 bits per heavy atom. The number of terminal acetylenes is 1. The van der Waals surface area contributed by atoms with Crippen LogP contribution in [0.1, 0.15) is 44.9 Å². The Bertz CT molecular complexity index is 675. The maximum absolute atomic E-state index is 12.7. The van der Waals surface area contributed by atoms with Gasteiger partial charge in [-0.25, -0.2) is 0 Å². The van der Waals surface area contributed by atoms with Gasteiger partial charge in [0.25, 0.3) is 0 Å². The summed E-state index contributed by atoms with van der Waals surface area (Å²) < 4.78 is 0. The van der Waals surface area contributed by atoms with E-state index in [-0.39, 0.29) is 24.9 Å². The van der Waals surface area contributed by atoms with Gasteiger partial charge in [-0.05, 0) is 51.1 Å². The minimum Gasteiger partial charge on any atom is -0.481 e. The Morgan fingerprint density at radius 2 is 1.90 bits per heavy atom. The Labute approximate surface area is 189 Å². The summed E-state index contributed by atoms with van der Waals surface area (Å²) in [7, 11) is 0. The zero-order chi connectivity index (χ0) is 21.9. The van der Waals surface area contributed by atoms with E-state index in [2.05, 4.69) is 21.9 Å². The van der Waals surface area contributed by atoms with E-state index in [1.807, 2.05) is 0 Å². The van der Waals surface area contributed by atoms with Crippen LogP contribution in [0.5, 0.6) is 0 Å². The van der Waals surface area contributed by atoms with Crippen LogP contribution >= 0.6 is 12.4 Å². The van der Waals surface area contributed by atoms with Gasteiger partial charge in [-0.1, -0.05) is 5.92 Å². The highest BCUT2D eigenvalue weighted by Gasteiger charge is 2.32.